The molecule has 0 bridgehead atoms. The number of hydrogen-bond acceptors (Lipinski definition) is 6. The van der Waals surface area contributed by atoms with Crippen LogP contribution >= 0.6 is 0 Å². The first-order chi connectivity index (χ1) is 16.5. The molecule has 2 aliphatic heterocycles. The number of benzene rings is 2. The van der Waals surface area contributed by atoms with E-state index in [1.165, 1.54) is 0 Å². The summed E-state index contributed by atoms with van der Waals surface area (Å²) in [5, 5.41) is 11.3. The molecule has 4 rings (SSSR count). The minimum Gasteiger partial charge on any atom is -0.507 e. The topological polar surface area (TPSA) is 85.3 Å². The summed E-state index contributed by atoms with van der Waals surface area (Å²) >= 11 is 0. The van der Waals surface area contributed by atoms with Gasteiger partial charge < -0.3 is 24.2 Å². The Morgan fingerprint density at radius 1 is 1.06 bits per heavy atom. The molecule has 180 valence electrons. The molecule has 1 unspecified atom stereocenters. The number of unbranched alkanes of at least 4 members (excludes halogenated alkanes) is 1. The van der Waals surface area contributed by atoms with Gasteiger partial charge in [0.25, 0.3) is 11.7 Å². The van der Waals surface area contributed by atoms with Crippen molar-refractivity contribution in [2.75, 3.05) is 26.4 Å². The Balaban J connectivity index is 1.80. The van der Waals surface area contributed by atoms with E-state index in [0.29, 0.717) is 49.0 Å². The Bertz CT molecular complexity index is 1120. The standard InChI is InChI=1S/C27H31NO6/c1-4-6-11-28-24(18-7-10-21-22(16-18)34-14-13-33-21)23(26(30)27(28)31)25(29)19-8-9-20(17(3)15-19)32-12-5-2/h7-10,15-16,24,29H,4-6,11-14H2,1-3H3/b25-23-. The first-order valence-electron chi connectivity index (χ1n) is 11.9. The molecule has 7 nitrogen and oxygen atoms in total. The maximum Gasteiger partial charge on any atom is 0.295 e. The Labute approximate surface area is 199 Å². The van der Waals surface area contributed by atoms with Gasteiger partial charge in [0, 0.05) is 12.1 Å². The lowest BCUT2D eigenvalue weighted by molar-refractivity contribution is -0.139. The Morgan fingerprint density at radius 3 is 2.53 bits per heavy atom. The number of ether oxygens (including phenoxy) is 3. The van der Waals surface area contributed by atoms with Gasteiger partial charge >= 0.3 is 0 Å². The van der Waals surface area contributed by atoms with Gasteiger partial charge in [-0.05, 0) is 61.2 Å². The Kier molecular flexibility index (Phi) is 7.10. The van der Waals surface area contributed by atoms with Crippen molar-refractivity contribution in [1.82, 2.24) is 4.90 Å². The fourth-order valence-electron chi connectivity index (χ4n) is 4.34. The number of Topliss-reactive ketones (excluding diaryl/α,β-unsaturated/α-hetero) is 1. The second-order valence-electron chi connectivity index (χ2n) is 8.58. The summed E-state index contributed by atoms with van der Waals surface area (Å²) in [6.07, 6.45) is 2.50. The van der Waals surface area contributed by atoms with Crippen LogP contribution in [0.25, 0.3) is 5.76 Å². The van der Waals surface area contributed by atoms with Crippen molar-refractivity contribution in [3.8, 4) is 17.2 Å². The number of carbonyl (C=O) groups is 2. The van der Waals surface area contributed by atoms with Crippen LogP contribution in [0.1, 0.15) is 55.8 Å². The van der Waals surface area contributed by atoms with Crippen LogP contribution < -0.4 is 14.2 Å². The fraction of sp³-hybridized carbons (Fsp3) is 0.407. The molecule has 2 aliphatic rings. The average Bonchev–Trinajstić information content (AvgIpc) is 3.10. The van der Waals surface area contributed by atoms with E-state index >= 15 is 0 Å². The van der Waals surface area contributed by atoms with Gasteiger partial charge in [0.05, 0.1) is 18.2 Å². The van der Waals surface area contributed by atoms with Crippen LogP contribution in [-0.2, 0) is 9.59 Å². The molecule has 7 heteroatoms. The third kappa shape index (κ3) is 4.47. The van der Waals surface area contributed by atoms with Gasteiger partial charge in [-0.2, -0.15) is 0 Å². The van der Waals surface area contributed by atoms with Gasteiger partial charge in [0.15, 0.2) is 11.5 Å². The van der Waals surface area contributed by atoms with E-state index in [1.807, 2.05) is 26.8 Å². The highest BCUT2D eigenvalue weighted by Gasteiger charge is 2.46. The zero-order valence-electron chi connectivity index (χ0n) is 19.9. The van der Waals surface area contributed by atoms with Crippen LogP contribution in [0.2, 0.25) is 0 Å². The summed E-state index contributed by atoms with van der Waals surface area (Å²) < 4.78 is 17.1. The molecule has 1 fully saturated rings. The molecule has 1 saturated heterocycles. The van der Waals surface area contributed by atoms with Crippen LogP contribution in [0, 0.1) is 6.92 Å². The molecule has 0 aromatic heterocycles. The highest BCUT2D eigenvalue weighted by Crippen LogP contribution is 2.43. The first-order valence-corrected chi connectivity index (χ1v) is 11.9. The number of rotatable bonds is 8. The van der Waals surface area contributed by atoms with Crippen molar-refractivity contribution in [3.05, 3.63) is 58.7 Å². The summed E-state index contributed by atoms with van der Waals surface area (Å²) in [5.41, 5.74) is 2.09. The van der Waals surface area contributed by atoms with Crippen LogP contribution in [-0.4, -0.2) is 48.1 Å². The molecule has 1 amide bonds. The molecule has 0 radical (unpaired) electrons. The van der Waals surface area contributed by atoms with E-state index in [-0.39, 0.29) is 11.3 Å². The van der Waals surface area contributed by atoms with Gasteiger partial charge in [0.2, 0.25) is 0 Å². The quantitative estimate of drug-likeness (QED) is 0.343. The molecule has 34 heavy (non-hydrogen) atoms. The summed E-state index contributed by atoms with van der Waals surface area (Å²) in [5.74, 6) is 0.441. The van der Waals surface area contributed by atoms with Gasteiger partial charge in [-0.1, -0.05) is 26.3 Å². The van der Waals surface area contributed by atoms with E-state index in [2.05, 4.69) is 0 Å². The maximum absolute atomic E-state index is 13.2. The number of hydrogen-bond donors (Lipinski definition) is 1. The zero-order chi connectivity index (χ0) is 24.2. The molecular weight excluding hydrogens is 434 g/mol. The number of ketones is 1. The van der Waals surface area contributed by atoms with E-state index in [9.17, 15) is 14.7 Å². The SMILES string of the molecule is CCCCN1C(=O)C(=O)/C(=C(\O)c2ccc(OCCC)c(C)c2)C1c1ccc2c(c1)OCCO2. The van der Waals surface area contributed by atoms with Crippen molar-refractivity contribution < 1.29 is 28.9 Å². The zero-order valence-corrected chi connectivity index (χ0v) is 19.9. The Hall–Kier alpha value is -3.48. The molecule has 1 N–H and O–H groups in total. The van der Waals surface area contributed by atoms with Crippen LogP contribution in [0.15, 0.2) is 42.0 Å². The van der Waals surface area contributed by atoms with Crippen molar-refractivity contribution in [3.63, 3.8) is 0 Å². The normalized spacial score (nSPS) is 18.9. The first kappa shape index (κ1) is 23.7. The molecule has 2 aromatic carbocycles. The number of nitrogens with zero attached hydrogens (tertiary/aromatic N) is 1. The molecule has 0 saturated carbocycles. The van der Waals surface area contributed by atoms with Crippen molar-refractivity contribution in [2.24, 2.45) is 0 Å². The smallest absolute Gasteiger partial charge is 0.295 e. The number of fused-ring (bicyclic) bond motifs is 1. The number of aliphatic hydroxyl groups excluding tert-OH is 1. The van der Waals surface area contributed by atoms with E-state index in [1.54, 1.807) is 35.2 Å². The van der Waals surface area contributed by atoms with Crippen molar-refractivity contribution >= 4 is 17.4 Å². The van der Waals surface area contributed by atoms with E-state index in [4.69, 9.17) is 14.2 Å². The van der Waals surface area contributed by atoms with Crippen LogP contribution in [0.5, 0.6) is 17.2 Å². The molecular formula is C27H31NO6. The van der Waals surface area contributed by atoms with Crippen LogP contribution in [0.4, 0.5) is 0 Å². The highest BCUT2D eigenvalue weighted by atomic mass is 16.6. The van der Waals surface area contributed by atoms with Crippen LogP contribution in [0.3, 0.4) is 0 Å². The number of likely N-dealkylation sites (tertiary alicyclic amines) is 1. The lowest BCUT2D eigenvalue weighted by atomic mass is 9.94. The number of carbonyl (C=O) groups excluding carboxylic acids is 2. The number of aliphatic hydroxyl groups is 1. The maximum atomic E-state index is 13.2. The van der Waals surface area contributed by atoms with Gasteiger partial charge in [-0.15, -0.1) is 0 Å². The fourth-order valence-corrected chi connectivity index (χ4v) is 4.34. The molecule has 0 spiro atoms. The Morgan fingerprint density at radius 2 is 1.82 bits per heavy atom. The molecule has 1 atom stereocenters. The predicted molar refractivity (Wildman–Crippen MR) is 128 cm³/mol. The molecule has 2 heterocycles. The molecule has 2 aromatic rings. The minimum atomic E-state index is -0.710. The largest absolute Gasteiger partial charge is 0.507 e. The van der Waals surface area contributed by atoms with Crippen molar-refractivity contribution in [2.45, 2.75) is 46.1 Å². The third-order valence-corrected chi connectivity index (χ3v) is 6.08. The second-order valence-corrected chi connectivity index (χ2v) is 8.58. The van der Waals surface area contributed by atoms with Gasteiger partial charge in [0.1, 0.15) is 24.7 Å². The summed E-state index contributed by atoms with van der Waals surface area (Å²) in [4.78, 5) is 27.7. The van der Waals surface area contributed by atoms with Crippen molar-refractivity contribution in [1.29, 1.82) is 0 Å². The number of aryl methyl sites for hydroxylation is 1. The lowest BCUT2D eigenvalue weighted by Crippen LogP contribution is -2.30. The van der Waals surface area contributed by atoms with E-state index in [0.717, 1.165) is 30.6 Å². The second kappa shape index (κ2) is 10.2. The molecule has 0 aliphatic carbocycles. The number of amides is 1. The van der Waals surface area contributed by atoms with E-state index < -0.39 is 17.7 Å². The summed E-state index contributed by atoms with van der Waals surface area (Å²) in [6.45, 7) is 7.86. The predicted octanol–water partition coefficient (Wildman–Crippen LogP) is 4.78. The third-order valence-electron chi connectivity index (χ3n) is 6.08. The highest BCUT2D eigenvalue weighted by molar-refractivity contribution is 6.46. The minimum absolute atomic E-state index is 0.0828. The summed E-state index contributed by atoms with van der Waals surface area (Å²) in [6, 6.07) is 9.97. The van der Waals surface area contributed by atoms with Gasteiger partial charge in [-0.3, -0.25) is 9.59 Å². The summed E-state index contributed by atoms with van der Waals surface area (Å²) in [7, 11) is 0. The van der Waals surface area contributed by atoms with Gasteiger partial charge in [-0.25, -0.2) is 0 Å². The monoisotopic (exact) mass is 465 g/mol. The lowest BCUT2D eigenvalue weighted by Gasteiger charge is -2.27. The average molecular weight is 466 g/mol.